The SMILES string of the molecule is CCSCCn1nc(CC)c(CC(C)N)c1CC. The molecule has 0 saturated carbocycles. The molecule has 1 rings (SSSR count). The Kier molecular flexibility index (Phi) is 6.79. The van der Waals surface area contributed by atoms with Crippen LogP contribution < -0.4 is 5.73 Å². The van der Waals surface area contributed by atoms with Crippen LogP contribution in [0.5, 0.6) is 0 Å². The molecule has 104 valence electrons. The number of aromatic nitrogens is 2. The van der Waals surface area contributed by atoms with Crippen LogP contribution in [0.15, 0.2) is 0 Å². The van der Waals surface area contributed by atoms with Gasteiger partial charge in [-0.2, -0.15) is 16.9 Å². The van der Waals surface area contributed by atoms with Gasteiger partial charge in [-0.15, -0.1) is 0 Å². The number of aryl methyl sites for hydroxylation is 2. The van der Waals surface area contributed by atoms with Gasteiger partial charge in [0.25, 0.3) is 0 Å². The zero-order valence-corrected chi connectivity index (χ0v) is 13.0. The topological polar surface area (TPSA) is 43.8 Å². The average Bonchev–Trinajstić information content (AvgIpc) is 2.66. The van der Waals surface area contributed by atoms with Crippen LogP contribution in [-0.2, 0) is 25.8 Å². The Bertz CT molecular complexity index is 358. The first-order valence-corrected chi connectivity index (χ1v) is 8.20. The molecular weight excluding hydrogens is 242 g/mol. The van der Waals surface area contributed by atoms with Crippen molar-refractivity contribution in [2.45, 2.75) is 59.5 Å². The minimum absolute atomic E-state index is 0.211. The second kappa shape index (κ2) is 7.85. The minimum Gasteiger partial charge on any atom is -0.328 e. The van der Waals surface area contributed by atoms with E-state index < -0.39 is 0 Å². The molecule has 1 heterocycles. The lowest BCUT2D eigenvalue weighted by Gasteiger charge is -2.09. The van der Waals surface area contributed by atoms with Crippen LogP contribution in [0.3, 0.4) is 0 Å². The van der Waals surface area contributed by atoms with E-state index in [1.807, 2.05) is 11.8 Å². The van der Waals surface area contributed by atoms with Crippen molar-refractivity contribution in [2.24, 2.45) is 5.73 Å². The van der Waals surface area contributed by atoms with Crippen molar-refractivity contribution in [3.05, 3.63) is 17.0 Å². The van der Waals surface area contributed by atoms with Crippen LogP contribution >= 0.6 is 11.8 Å². The Labute approximate surface area is 116 Å². The van der Waals surface area contributed by atoms with E-state index in [1.54, 1.807) is 0 Å². The zero-order valence-electron chi connectivity index (χ0n) is 12.2. The molecule has 0 aliphatic rings. The third-order valence-electron chi connectivity index (χ3n) is 3.10. The molecule has 0 bridgehead atoms. The summed E-state index contributed by atoms with van der Waals surface area (Å²) < 4.78 is 2.21. The van der Waals surface area contributed by atoms with Crippen LogP contribution in [0.2, 0.25) is 0 Å². The van der Waals surface area contributed by atoms with Crippen molar-refractivity contribution >= 4 is 11.8 Å². The molecule has 2 N–H and O–H groups in total. The normalized spacial score (nSPS) is 12.9. The van der Waals surface area contributed by atoms with Gasteiger partial charge in [0, 0.05) is 17.5 Å². The number of thioether (sulfide) groups is 1. The largest absolute Gasteiger partial charge is 0.328 e. The number of nitrogens with zero attached hydrogens (tertiary/aromatic N) is 2. The molecule has 0 spiro atoms. The first-order chi connectivity index (χ1) is 8.63. The molecule has 0 aliphatic heterocycles. The maximum absolute atomic E-state index is 5.96. The van der Waals surface area contributed by atoms with Gasteiger partial charge in [0.1, 0.15) is 0 Å². The summed E-state index contributed by atoms with van der Waals surface area (Å²) in [4.78, 5) is 0. The van der Waals surface area contributed by atoms with Crippen molar-refractivity contribution in [1.82, 2.24) is 9.78 Å². The van der Waals surface area contributed by atoms with Gasteiger partial charge >= 0.3 is 0 Å². The fraction of sp³-hybridized carbons (Fsp3) is 0.786. The van der Waals surface area contributed by atoms with Gasteiger partial charge in [-0.25, -0.2) is 0 Å². The summed E-state index contributed by atoms with van der Waals surface area (Å²) in [5.41, 5.74) is 9.99. The smallest absolute Gasteiger partial charge is 0.0657 e. The highest BCUT2D eigenvalue weighted by Gasteiger charge is 2.16. The monoisotopic (exact) mass is 269 g/mol. The Morgan fingerprint density at radius 2 is 2.00 bits per heavy atom. The van der Waals surface area contributed by atoms with Gasteiger partial charge < -0.3 is 5.73 Å². The van der Waals surface area contributed by atoms with Crippen LogP contribution in [0.25, 0.3) is 0 Å². The summed E-state index contributed by atoms with van der Waals surface area (Å²) in [5, 5.41) is 4.77. The number of rotatable bonds is 8. The summed E-state index contributed by atoms with van der Waals surface area (Å²) >= 11 is 1.97. The Hall–Kier alpha value is -0.480. The van der Waals surface area contributed by atoms with Crippen molar-refractivity contribution in [1.29, 1.82) is 0 Å². The lowest BCUT2D eigenvalue weighted by Crippen LogP contribution is -2.19. The van der Waals surface area contributed by atoms with Gasteiger partial charge in [-0.05, 0) is 37.5 Å². The summed E-state index contributed by atoms with van der Waals surface area (Å²) in [6.45, 7) is 9.69. The standard InChI is InChI=1S/C14H27N3S/c1-5-13-12(10-11(4)15)14(6-2)17(16-13)8-9-18-7-3/h11H,5-10,15H2,1-4H3. The maximum Gasteiger partial charge on any atom is 0.0657 e. The van der Waals surface area contributed by atoms with Crippen LogP contribution in [-0.4, -0.2) is 27.3 Å². The van der Waals surface area contributed by atoms with E-state index in [0.29, 0.717) is 0 Å². The molecule has 3 nitrogen and oxygen atoms in total. The highest BCUT2D eigenvalue weighted by Crippen LogP contribution is 2.18. The molecule has 1 aromatic heterocycles. The van der Waals surface area contributed by atoms with E-state index in [4.69, 9.17) is 10.8 Å². The minimum atomic E-state index is 0.211. The molecule has 0 aliphatic carbocycles. The molecule has 18 heavy (non-hydrogen) atoms. The van der Waals surface area contributed by atoms with E-state index in [1.165, 1.54) is 22.7 Å². The van der Waals surface area contributed by atoms with E-state index in [-0.39, 0.29) is 6.04 Å². The van der Waals surface area contributed by atoms with Crippen LogP contribution in [0.1, 0.15) is 44.6 Å². The molecule has 0 fully saturated rings. The predicted octanol–water partition coefficient (Wildman–Crippen LogP) is 2.65. The molecule has 0 radical (unpaired) electrons. The Morgan fingerprint density at radius 1 is 1.28 bits per heavy atom. The zero-order chi connectivity index (χ0) is 13.5. The third kappa shape index (κ3) is 4.02. The molecule has 0 amide bonds. The third-order valence-corrected chi connectivity index (χ3v) is 3.98. The van der Waals surface area contributed by atoms with Crippen LogP contribution in [0, 0.1) is 0 Å². The highest BCUT2D eigenvalue weighted by atomic mass is 32.2. The first-order valence-electron chi connectivity index (χ1n) is 7.04. The predicted molar refractivity (Wildman–Crippen MR) is 81.3 cm³/mol. The molecule has 0 aromatic carbocycles. The molecule has 1 unspecified atom stereocenters. The van der Waals surface area contributed by atoms with Gasteiger partial charge in [-0.1, -0.05) is 20.8 Å². The van der Waals surface area contributed by atoms with Gasteiger partial charge in [0.15, 0.2) is 0 Å². The fourth-order valence-corrected chi connectivity index (χ4v) is 2.90. The van der Waals surface area contributed by atoms with E-state index in [2.05, 4.69) is 32.4 Å². The fourth-order valence-electron chi connectivity index (χ4n) is 2.31. The molecule has 0 saturated heterocycles. The van der Waals surface area contributed by atoms with Crippen molar-refractivity contribution in [3.8, 4) is 0 Å². The number of hydrogen-bond donors (Lipinski definition) is 1. The van der Waals surface area contributed by atoms with Gasteiger partial charge in [0.2, 0.25) is 0 Å². The molecule has 1 atom stereocenters. The second-order valence-electron chi connectivity index (χ2n) is 4.68. The van der Waals surface area contributed by atoms with E-state index in [9.17, 15) is 0 Å². The Balaban J connectivity index is 2.92. The molecule has 1 aromatic rings. The average molecular weight is 269 g/mol. The van der Waals surface area contributed by atoms with Crippen molar-refractivity contribution < 1.29 is 0 Å². The van der Waals surface area contributed by atoms with Crippen molar-refractivity contribution in [2.75, 3.05) is 11.5 Å². The summed E-state index contributed by atoms with van der Waals surface area (Å²) in [5.74, 6) is 2.32. The summed E-state index contributed by atoms with van der Waals surface area (Å²) in [6.07, 6.45) is 3.00. The molecule has 4 heteroatoms. The summed E-state index contributed by atoms with van der Waals surface area (Å²) in [6, 6.07) is 0.211. The maximum atomic E-state index is 5.96. The van der Waals surface area contributed by atoms with Gasteiger partial charge in [0.05, 0.1) is 12.2 Å². The number of nitrogens with two attached hydrogens (primary N) is 1. The van der Waals surface area contributed by atoms with Crippen LogP contribution in [0.4, 0.5) is 0 Å². The number of hydrogen-bond acceptors (Lipinski definition) is 3. The van der Waals surface area contributed by atoms with E-state index in [0.717, 1.165) is 31.6 Å². The highest BCUT2D eigenvalue weighted by molar-refractivity contribution is 7.99. The van der Waals surface area contributed by atoms with Crippen molar-refractivity contribution in [3.63, 3.8) is 0 Å². The first kappa shape index (κ1) is 15.6. The lowest BCUT2D eigenvalue weighted by molar-refractivity contribution is 0.621. The van der Waals surface area contributed by atoms with E-state index >= 15 is 0 Å². The van der Waals surface area contributed by atoms with Gasteiger partial charge in [-0.3, -0.25) is 4.68 Å². The Morgan fingerprint density at radius 3 is 2.50 bits per heavy atom. The lowest BCUT2D eigenvalue weighted by atomic mass is 10.0. The quantitative estimate of drug-likeness (QED) is 0.738. The second-order valence-corrected chi connectivity index (χ2v) is 6.07. The molecular formula is C14H27N3S. The summed E-state index contributed by atoms with van der Waals surface area (Å²) in [7, 11) is 0.